The summed E-state index contributed by atoms with van der Waals surface area (Å²) in [7, 11) is 4.97. The second kappa shape index (κ2) is 6.13. The number of thiocarbonyl (C=S) groups is 1. The second-order valence-electron chi connectivity index (χ2n) is 4.53. The lowest BCUT2D eigenvalue weighted by Gasteiger charge is -2.13. The quantitative estimate of drug-likeness (QED) is 0.630. The predicted molar refractivity (Wildman–Crippen MR) is 85.3 cm³/mol. The first kappa shape index (κ1) is 15.3. The van der Waals surface area contributed by atoms with Gasteiger partial charge in [-0.3, -0.25) is 9.69 Å². The lowest BCUT2D eigenvalue weighted by atomic mass is 10.1. The average molecular weight is 306 g/mol. The smallest absolute Gasteiger partial charge is 0.276 e. The molecule has 1 amide bonds. The first-order valence-electron chi connectivity index (χ1n) is 6.56. The SMILES string of the molecule is CCN1C(=O)/C(=C/c2ccc(OC)cc2OC)N(C)C1=S. The zero-order valence-corrected chi connectivity index (χ0v) is 13.4. The highest BCUT2D eigenvalue weighted by Gasteiger charge is 2.34. The summed E-state index contributed by atoms with van der Waals surface area (Å²) in [5.41, 5.74) is 1.33. The molecule has 0 aliphatic carbocycles. The maximum absolute atomic E-state index is 12.3. The minimum atomic E-state index is -0.0946. The van der Waals surface area contributed by atoms with Crippen LogP contribution in [0.4, 0.5) is 0 Å². The van der Waals surface area contributed by atoms with E-state index < -0.39 is 0 Å². The molecule has 1 aliphatic heterocycles. The van der Waals surface area contributed by atoms with Gasteiger partial charge in [0.1, 0.15) is 17.2 Å². The van der Waals surface area contributed by atoms with Crippen LogP contribution < -0.4 is 9.47 Å². The summed E-state index contributed by atoms with van der Waals surface area (Å²) >= 11 is 5.27. The Kier molecular flexibility index (Phi) is 4.47. The fraction of sp³-hybridized carbons (Fsp3) is 0.333. The maximum Gasteiger partial charge on any atom is 0.276 e. The van der Waals surface area contributed by atoms with Crippen LogP contribution in [0.15, 0.2) is 23.9 Å². The molecule has 21 heavy (non-hydrogen) atoms. The van der Waals surface area contributed by atoms with Crippen LogP contribution in [0.25, 0.3) is 6.08 Å². The van der Waals surface area contributed by atoms with Crippen LogP contribution in [0.1, 0.15) is 12.5 Å². The first-order valence-corrected chi connectivity index (χ1v) is 6.97. The normalized spacial score (nSPS) is 16.9. The van der Waals surface area contributed by atoms with E-state index >= 15 is 0 Å². The van der Waals surface area contributed by atoms with Crippen molar-refractivity contribution in [2.45, 2.75) is 6.92 Å². The van der Waals surface area contributed by atoms with Gasteiger partial charge in [0.15, 0.2) is 5.11 Å². The lowest BCUT2D eigenvalue weighted by molar-refractivity contribution is -0.122. The van der Waals surface area contributed by atoms with Crippen LogP contribution in [0, 0.1) is 0 Å². The molecule has 5 nitrogen and oxygen atoms in total. The van der Waals surface area contributed by atoms with Gasteiger partial charge in [0.25, 0.3) is 5.91 Å². The van der Waals surface area contributed by atoms with Crippen molar-refractivity contribution in [3.8, 4) is 11.5 Å². The van der Waals surface area contributed by atoms with Gasteiger partial charge < -0.3 is 14.4 Å². The fourth-order valence-corrected chi connectivity index (χ4v) is 2.49. The van der Waals surface area contributed by atoms with E-state index in [4.69, 9.17) is 21.7 Å². The van der Waals surface area contributed by atoms with Crippen LogP contribution in [0.5, 0.6) is 11.5 Å². The number of likely N-dealkylation sites (N-methyl/N-ethyl adjacent to an activating group) is 2. The summed E-state index contributed by atoms with van der Waals surface area (Å²) in [5.74, 6) is 1.25. The van der Waals surface area contributed by atoms with E-state index in [0.717, 1.165) is 5.56 Å². The van der Waals surface area contributed by atoms with E-state index in [0.29, 0.717) is 28.9 Å². The summed E-state index contributed by atoms with van der Waals surface area (Å²) in [6.45, 7) is 2.45. The van der Waals surface area contributed by atoms with Gasteiger partial charge in [-0.25, -0.2) is 0 Å². The zero-order valence-electron chi connectivity index (χ0n) is 12.5. The molecule has 0 radical (unpaired) electrons. The van der Waals surface area contributed by atoms with Gasteiger partial charge in [-0.05, 0) is 37.4 Å². The highest BCUT2D eigenvalue weighted by molar-refractivity contribution is 7.80. The largest absolute Gasteiger partial charge is 0.497 e. The molecule has 0 bridgehead atoms. The number of amides is 1. The van der Waals surface area contributed by atoms with Gasteiger partial charge in [-0.1, -0.05) is 0 Å². The van der Waals surface area contributed by atoms with E-state index in [1.165, 1.54) is 0 Å². The number of hydrogen-bond donors (Lipinski definition) is 0. The molecule has 2 rings (SSSR count). The molecule has 0 atom stereocenters. The van der Waals surface area contributed by atoms with E-state index in [2.05, 4.69) is 0 Å². The lowest BCUT2D eigenvalue weighted by Crippen LogP contribution is -2.30. The van der Waals surface area contributed by atoms with Gasteiger partial charge >= 0.3 is 0 Å². The average Bonchev–Trinajstić information content (AvgIpc) is 2.71. The van der Waals surface area contributed by atoms with Gasteiger partial charge in [0.05, 0.1) is 14.2 Å². The highest BCUT2D eigenvalue weighted by atomic mass is 32.1. The second-order valence-corrected chi connectivity index (χ2v) is 4.89. The number of carbonyl (C=O) groups is 1. The zero-order chi connectivity index (χ0) is 15.6. The summed E-state index contributed by atoms with van der Waals surface area (Å²) < 4.78 is 10.5. The molecule has 112 valence electrons. The number of benzene rings is 1. The molecule has 1 heterocycles. The third-order valence-electron chi connectivity index (χ3n) is 3.39. The van der Waals surface area contributed by atoms with Gasteiger partial charge in [-0.2, -0.15) is 0 Å². The van der Waals surface area contributed by atoms with Crippen molar-refractivity contribution in [1.29, 1.82) is 0 Å². The topological polar surface area (TPSA) is 42.0 Å². The molecule has 6 heteroatoms. The van der Waals surface area contributed by atoms with E-state index in [1.54, 1.807) is 43.2 Å². The van der Waals surface area contributed by atoms with Crippen molar-refractivity contribution in [2.24, 2.45) is 0 Å². The van der Waals surface area contributed by atoms with Crippen LogP contribution in [-0.2, 0) is 4.79 Å². The van der Waals surface area contributed by atoms with Gasteiger partial charge in [0.2, 0.25) is 0 Å². The number of methoxy groups -OCH3 is 2. The number of rotatable bonds is 4. The third-order valence-corrected chi connectivity index (χ3v) is 3.89. The molecule has 0 spiro atoms. The molecule has 1 aromatic carbocycles. The van der Waals surface area contributed by atoms with Crippen molar-refractivity contribution >= 4 is 29.3 Å². The Bertz CT molecular complexity index is 613. The van der Waals surface area contributed by atoms with Crippen molar-refractivity contribution in [3.05, 3.63) is 29.5 Å². The Morgan fingerprint density at radius 3 is 2.52 bits per heavy atom. The summed E-state index contributed by atoms with van der Waals surface area (Å²) in [6, 6.07) is 5.45. The molecule has 1 aliphatic rings. The molecule has 0 N–H and O–H groups in total. The Balaban J connectivity index is 2.44. The van der Waals surface area contributed by atoms with E-state index in [-0.39, 0.29) is 5.91 Å². The number of hydrogen-bond acceptors (Lipinski definition) is 4. The molecular weight excluding hydrogens is 288 g/mol. The molecule has 1 fully saturated rings. The number of carbonyl (C=O) groups excluding carboxylic acids is 1. The standard InChI is InChI=1S/C15H18N2O3S/c1-5-17-14(18)12(16(2)15(17)21)8-10-6-7-11(19-3)9-13(10)20-4/h6-9H,5H2,1-4H3/b12-8-. The van der Waals surface area contributed by atoms with E-state index in [1.807, 2.05) is 19.1 Å². The van der Waals surface area contributed by atoms with Crippen LogP contribution in [-0.4, -0.2) is 48.6 Å². The number of nitrogens with zero attached hydrogens (tertiary/aromatic N) is 2. The van der Waals surface area contributed by atoms with Crippen molar-refractivity contribution in [3.63, 3.8) is 0 Å². The molecule has 0 aromatic heterocycles. The Morgan fingerprint density at radius 1 is 1.29 bits per heavy atom. The first-order chi connectivity index (χ1) is 10.0. The molecule has 1 aromatic rings. The summed E-state index contributed by atoms with van der Waals surface area (Å²) in [6.07, 6.45) is 1.78. The summed E-state index contributed by atoms with van der Waals surface area (Å²) in [5, 5.41) is 0.515. The van der Waals surface area contributed by atoms with E-state index in [9.17, 15) is 4.79 Å². The summed E-state index contributed by atoms with van der Waals surface area (Å²) in [4.78, 5) is 15.6. The minimum Gasteiger partial charge on any atom is -0.497 e. The van der Waals surface area contributed by atoms with Gasteiger partial charge in [0, 0.05) is 25.2 Å². The predicted octanol–water partition coefficient (Wildman–Crippen LogP) is 2.12. The molecule has 0 unspecified atom stereocenters. The van der Waals surface area contributed by atoms with Crippen LogP contribution in [0.2, 0.25) is 0 Å². The third kappa shape index (κ3) is 2.71. The van der Waals surface area contributed by atoms with Gasteiger partial charge in [-0.15, -0.1) is 0 Å². The number of ether oxygens (including phenoxy) is 2. The van der Waals surface area contributed by atoms with Crippen molar-refractivity contribution < 1.29 is 14.3 Å². The molecular formula is C15H18N2O3S. The van der Waals surface area contributed by atoms with Crippen molar-refractivity contribution in [1.82, 2.24) is 9.80 Å². The van der Waals surface area contributed by atoms with Crippen LogP contribution in [0.3, 0.4) is 0 Å². The van der Waals surface area contributed by atoms with Crippen molar-refractivity contribution in [2.75, 3.05) is 27.8 Å². The highest BCUT2D eigenvalue weighted by Crippen LogP contribution is 2.29. The van der Waals surface area contributed by atoms with Crippen LogP contribution >= 0.6 is 12.2 Å². The molecule has 1 saturated heterocycles. The Labute approximate surface area is 129 Å². The Morgan fingerprint density at radius 2 is 2.00 bits per heavy atom. The Hall–Kier alpha value is -2.08. The monoisotopic (exact) mass is 306 g/mol. The minimum absolute atomic E-state index is 0.0946. The fourth-order valence-electron chi connectivity index (χ4n) is 2.18. The molecule has 0 saturated carbocycles. The maximum atomic E-state index is 12.3.